The fourth-order valence-corrected chi connectivity index (χ4v) is 0.224. The average Bonchev–Trinajstić information content (AvgIpc) is 2.01. The van der Waals surface area contributed by atoms with Crippen LogP contribution in [0, 0.1) is 0 Å². The third-order valence-electron chi connectivity index (χ3n) is 0.733. The van der Waals surface area contributed by atoms with Gasteiger partial charge in [-0.3, -0.25) is 0 Å². The number of aliphatic hydroxyl groups is 2. The largest absolute Gasteiger partial charge is 0.396 e. The third kappa shape index (κ3) is 24.9. The molecule has 4 nitrogen and oxygen atoms in total. The van der Waals surface area contributed by atoms with E-state index in [0.29, 0.717) is 13.1 Å². The predicted octanol–water partition coefficient (Wildman–Crippen LogP) is -1.34. The Hall–Kier alpha value is -0.160. The van der Waals surface area contributed by atoms with Crippen molar-refractivity contribution in [3.8, 4) is 0 Å². The summed E-state index contributed by atoms with van der Waals surface area (Å²) in [6.45, 7) is 1.58. The summed E-state index contributed by atoms with van der Waals surface area (Å²) < 4.78 is 0. The Morgan fingerprint density at radius 2 is 1.10 bits per heavy atom. The third-order valence-corrected chi connectivity index (χ3v) is 0.733. The van der Waals surface area contributed by atoms with E-state index in [-0.39, 0.29) is 13.2 Å². The smallest absolute Gasteiger partial charge is 0.0431 e. The second kappa shape index (κ2) is 15.9. The first-order valence-electron chi connectivity index (χ1n) is 3.45. The van der Waals surface area contributed by atoms with Crippen LogP contribution in [-0.4, -0.2) is 36.5 Å². The Labute approximate surface area is 61.8 Å². The quantitative estimate of drug-likeness (QED) is 0.373. The molecular weight excluding hydrogens is 132 g/mol. The van der Waals surface area contributed by atoms with Gasteiger partial charge in [0.15, 0.2) is 0 Å². The van der Waals surface area contributed by atoms with Crippen molar-refractivity contribution in [2.24, 2.45) is 11.5 Å². The van der Waals surface area contributed by atoms with Crippen molar-refractivity contribution in [3.63, 3.8) is 0 Å². The number of rotatable bonds is 4. The van der Waals surface area contributed by atoms with Crippen molar-refractivity contribution in [1.82, 2.24) is 0 Å². The number of nitrogens with two attached hydrogens (primary N) is 2. The van der Waals surface area contributed by atoms with Gasteiger partial charge in [0.1, 0.15) is 0 Å². The van der Waals surface area contributed by atoms with Crippen molar-refractivity contribution in [3.05, 3.63) is 0 Å². The lowest BCUT2D eigenvalue weighted by Gasteiger charge is -1.85. The zero-order valence-electron chi connectivity index (χ0n) is 6.29. The first-order valence-corrected chi connectivity index (χ1v) is 3.45. The summed E-state index contributed by atoms with van der Waals surface area (Å²) in [5, 5.41) is 16.2. The standard InChI is InChI=1S/C4H10O2.C2H8N2/c5-3-1-2-4-6;3-1-2-4/h5-6H,1-4H2;1-4H2. The molecular formula is C6H18N2O2. The van der Waals surface area contributed by atoms with Crippen molar-refractivity contribution in [2.45, 2.75) is 12.8 Å². The van der Waals surface area contributed by atoms with E-state index >= 15 is 0 Å². The molecule has 64 valence electrons. The number of aliphatic hydroxyl groups excluding tert-OH is 2. The molecule has 0 aliphatic rings. The van der Waals surface area contributed by atoms with Crippen LogP contribution in [0.25, 0.3) is 0 Å². The summed E-state index contributed by atoms with van der Waals surface area (Å²) in [6, 6.07) is 0. The molecule has 0 aliphatic heterocycles. The highest BCUT2D eigenvalue weighted by Crippen LogP contribution is 1.80. The van der Waals surface area contributed by atoms with Gasteiger partial charge in [0.25, 0.3) is 0 Å². The molecule has 0 rings (SSSR count). The maximum Gasteiger partial charge on any atom is 0.0431 e. The fraction of sp³-hybridized carbons (Fsp3) is 1.00. The van der Waals surface area contributed by atoms with E-state index in [1.165, 1.54) is 0 Å². The predicted molar refractivity (Wildman–Crippen MR) is 41.5 cm³/mol. The molecule has 0 heterocycles. The van der Waals surface area contributed by atoms with E-state index in [2.05, 4.69) is 0 Å². The first kappa shape index (κ1) is 12.5. The van der Waals surface area contributed by atoms with Gasteiger partial charge in [-0.05, 0) is 12.8 Å². The van der Waals surface area contributed by atoms with Gasteiger partial charge in [-0.2, -0.15) is 0 Å². The highest BCUT2D eigenvalue weighted by atomic mass is 16.3. The van der Waals surface area contributed by atoms with E-state index in [1.54, 1.807) is 0 Å². The van der Waals surface area contributed by atoms with Crippen LogP contribution < -0.4 is 11.5 Å². The van der Waals surface area contributed by atoms with Crippen LogP contribution in [0.5, 0.6) is 0 Å². The van der Waals surface area contributed by atoms with Crippen LogP contribution in [0.3, 0.4) is 0 Å². The molecule has 0 unspecified atom stereocenters. The minimum atomic E-state index is 0.195. The number of hydrogen-bond donors (Lipinski definition) is 4. The van der Waals surface area contributed by atoms with Crippen molar-refractivity contribution in [2.75, 3.05) is 26.3 Å². The Kier molecular flexibility index (Phi) is 19.9. The van der Waals surface area contributed by atoms with Gasteiger partial charge >= 0.3 is 0 Å². The molecule has 0 radical (unpaired) electrons. The maximum absolute atomic E-state index is 8.09. The summed E-state index contributed by atoms with van der Waals surface area (Å²) >= 11 is 0. The average molecular weight is 150 g/mol. The molecule has 6 N–H and O–H groups in total. The van der Waals surface area contributed by atoms with Crippen LogP contribution in [0.1, 0.15) is 12.8 Å². The molecule has 0 amide bonds. The summed E-state index contributed by atoms with van der Waals surface area (Å²) in [5.41, 5.74) is 9.81. The monoisotopic (exact) mass is 150 g/mol. The number of hydrogen-bond acceptors (Lipinski definition) is 4. The van der Waals surface area contributed by atoms with Crippen LogP contribution in [-0.2, 0) is 0 Å². The highest BCUT2D eigenvalue weighted by molar-refractivity contribution is 4.30. The maximum atomic E-state index is 8.09. The second-order valence-corrected chi connectivity index (χ2v) is 1.73. The molecule has 0 saturated carbocycles. The van der Waals surface area contributed by atoms with Gasteiger partial charge in [-0.25, -0.2) is 0 Å². The van der Waals surface area contributed by atoms with Gasteiger partial charge < -0.3 is 21.7 Å². The lowest BCUT2D eigenvalue weighted by atomic mass is 10.3. The Balaban J connectivity index is 0. The van der Waals surface area contributed by atoms with E-state index in [0.717, 1.165) is 12.8 Å². The normalized spacial score (nSPS) is 8.40. The molecule has 0 spiro atoms. The topological polar surface area (TPSA) is 92.5 Å². The zero-order valence-corrected chi connectivity index (χ0v) is 6.29. The minimum Gasteiger partial charge on any atom is -0.396 e. The Bertz CT molecular complexity index is 38.7. The van der Waals surface area contributed by atoms with E-state index < -0.39 is 0 Å². The SMILES string of the molecule is NCCN.OCCCCO. The lowest BCUT2D eigenvalue weighted by molar-refractivity contribution is 0.242. The van der Waals surface area contributed by atoms with E-state index in [1.807, 2.05) is 0 Å². The molecule has 0 aromatic heterocycles. The van der Waals surface area contributed by atoms with Crippen LogP contribution in [0.4, 0.5) is 0 Å². The molecule has 0 fully saturated rings. The molecule has 0 atom stereocenters. The molecule has 4 heteroatoms. The fourth-order valence-electron chi connectivity index (χ4n) is 0.224. The van der Waals surface area contributed by atoms with Crippen molar-refractivity contribution < 1.29 is 10.2 Å². The first-order chi connectivity index (χ1) is 4.83. The second-order valence-electron chi connectivity index (χ2n) is 1.73. The molecule has 0 aromatic rings. The molecule has 0 saturated heterocycles. The molecule has 0 aromatic carbocycles. The molecule has 10 heavy (non-hydrogen) atoms. The summed E-state index contributed by atoms with van der Waals surface area (Å²) in [5.74, 6) is 0. The van der Waals surface area contributed by atoms with Gasteiger partial charge in [-0.1, -0.05) is 0 Å². The van der Waals surface area contributed by atoms with Crippen LogP contribution in [0.2, 0.25) is 0 Å². The van der Waals surface area contributed by atoms with E-state index in [4.69, 9.17) is 21.7 Å². The van der Waals surface area contributed by atoms with Crippen molar-refractivity contribution >= 4 is 0 Å². The van der Waals surface area contributed by atoms with Crippen molar-refractivity contribution in [1.29, 1.82) is 0 Å². The summed E-state index contributed by atoms with van der Waals surface area (Å²) in [7, 11) is 0. The zero-order chi connectivity index (χ0) is 8.24. The van der Waals surface area contributed by atoms with Crippen LogP contribution in [0.15, 0.2) is 0 Å². The molecule has 0 bridgehead atoms. The van der Waals surface area contributed by atoms with E-state index in [9.17, 15) is 0 Å². The van der Waals surface area contributed by atoms with Gasteiger partial charge in [0.2, 0.25) is 0 Å². The van der Waals surface area contributed by atoms with Gasteiger partial charge in [0.05, 0.1) is 0 Å². The lowest BCUT2D eigenvalue weighted by Crippen LogP contribution is -2.11. The summed E-state index contributed by atoms with van der Waals surface area (Å²) in [4.78, 5) is 0. The van der Waals surface area contributed by atoms with Gasteiger partial charge in [0, 0.05) is 26.3 Å². The Morgan fingerprint density at radius 3 is 1.20 bits per heavy atom. The summed E-state index contributed by atoms with van der Waals surface area (Å²) in [6.07, 6.45) is 1.44. The highest BCUT2D eigenvalue weighted by Gasteiger charge is 1.77. The minimum absolute atomic E-state index is 0.195. The molecule has 0 aliphatic carbocycles. The number of unbranched alkanes of at least 4 members (excludes halogenated alkanes) is 1. The van der Waals surface area contributed by atoms with Gasteiger partial charge in [-0.15, -0.1) is 0 Å². The van der Waals surface area contributed by atoms with Crippen LogP contribution >= 0.6 is 0 Å². The Morgan fingerprint density at radius 1 is 0.800 bits per heavy atom.